The largest absolute Gasteiger partial charge is 0.0843 e. The van der Waals surface area contributed by atoms with Crippen LogP contribution in [0.25, 0.3) is 66.1 Å². The average molecular weight is 907 g/mol. The SMILES string of the molecule is Clc1ccc(-c2c(CCc3c(I)c(-c4ccccc4)c4ccccc4c3-c3ccc(Cl)cc3)c(I)c(-c3ccccc3)c3ccccc23)cc1. The fourth-order valence-electron chi connectivity index (χ4n) is 7.31. The summed E-state index contributed by atoms with van der Waals surface area (Å²) in [5.41, 5.74) is 12.6. The molecule has 0 radical (unpaired) electrons. The van der Waals surface area contributed by atoms with Crippen molar-refractivity contribution < 1.29 is 0 Å². The van der Waals surface area contributed by atoms with Crippen molar-refractivity contribution in [2.45, 2.75) is 12.8 Å². The Bertz CT molecular complexity index is 2310. The van der Waals surface area contributed by atoms with Gasteiger partial charge in [0.1, 0.15) is 0 Å². The molecule has 0 aliphatic heterocycles. The number of halogens is 4. The Labute approximate surface area is 330 Å². The molecule has 0 bridgehead atoms. The summed E-state index contributed by atoms with van der Waals surface area (Å²) in [6.07, 6.45) is 1.70. The molecule has 242 valence electrons. The smallest absolute Gasteiger partial charge is 0.0406 e. The number of benzene rings is 8. The second kappa shape index (κ2) is 14.5. The van der Waals surface area contributed by atoms with Crippen LogP contribution in [0, 0.1) is 7.14 Å². The van der Waals surface area contributed by atoms with E-state index in [0.717, 1.165) is 22.9 Å². The molecule has 4 heteroatoms. The Morgan fingerprint density at radius 2 is 0.600 bits per heavy atom. The van der Waals surface area contributed by atoms with Crippen LogP contribution < -0.4 is 0 Å². The summed E-state index contributed by atoms with van der Waals surface area (Å²) < 4.78 is 2.56. The number of rotatable bonds is 7. The highest BCUT2D eigenvalue weighted by Gasteiger charge is 2.24. The summed E-state index contributed by atoms with van der Waals surface area (Å²) in [4.78, 5) is 0. The van der Waals surface area contributed by atoms with Crippen LogP contribution in [0.1, 0.15) is 11.1 Å². The molecule has 0 saturated heterocycles. The fraction of sp³-hybridized carbons (Fsp3) is 0.0435. The first-order valence-electron chi connectivity index (χ1n) is 16.6. The number of hydrogen-bond acceptors (Lipinski definition) is 0. The fourth-order valence-corrected chi connectivity index (χ4v) is 9.84. The molecule has 0 atom stereocenters. The summed E-state index contributed by atoms with van der Waals surface area (Å²) >= 11 is 18.1. The molecule has 0 heterocycles. The van der Waals surface area contributed by atoms with Gasteiger partial charge in [0.15, 0.2) is 0 Å². The van der Waals surface area contributed by atoms with E-state index >= 15 is 0 Å². The zero-order valence-electron chi connectivity index (χ0n) is 26.9. The minimum absolute atomic E-state index is 0.738. The van der Waals surface area contributed by atoms with Crippen molar-refractivity contribution in [3.8, 4) is 44.5 Å². The van der Waals surface area contributed by atoms with E-state index in [2.05, 4.69) is 179 Å². The normalized spacial score (nSPS) is 11.4. The molecule has 0 aromatic heterocycles. The highest BCUT2D eigenvalue weighted by molar-refractivity contribution is 14.1. The lowest BCUT2D eigenvalue weighted by Gasteiger charge is -2.23. The van der Waals surface area contributed by atoms with Gasteiger partial charge >= 0.3 is 0 Å². The zero-order chi connectivity index (χ0) is 34.2. The van der Waals surface area contributed by atoms with E-state index in [4.69, 9.17) is 23.2 Å². The third-order valence-corrected chi connectivity index (χ3v) is 12.4. The maximum Gasteiger partial charge on any atom is 0.0406 e. The molecule has 0 aliphatic carbocycles. The summed E-state index contributed by atoms with van der Waals surface area (Å²) in [7, 11) is 0. The molecule has 8 rings (SSSR count). The third kappa shape index (κ3) is 6.25. The lowest BCUT2D eigenvalue weighted by molar-refractivity contribution is 0.956. The van der Waals surface area contributed by atoms with Gasteiger partial charge in [0, 0.05) is 28.3 Å². The molecule has 50 heavy (non-hydrogen) atoms. The van der Waals surface area contributed by atoms with Crippen LogP contribution in [0.2, 0.25) is 10.0 Å². The van der Waals surface area contributed by atoms with Gasteiger partial charge in [-0.15, -0.1) is 0 Å². The Kier molecular flexibility index (Phi) is 9.71. The first-order valence-corrected chi connectivity index (χ1v) is 19.5. The van der Waals surface area contributed by atoms with E-state index in [1.165, 1.54) is 84.3 Å². The van der Waals surface area contributed by atoms with E-state index in [1.54, 1.807) is 0 Å². The molecule has 0 N–H and O–H groups in total. The van der Waals surface area contributed by atoms with Gasteiger partial charge in [-0.05, 0) is 148 Å². The molecule has 8 aromatic carbocycles. The van der Waals surface area contributed by atoms with E-state index in [-0.39, 0.29) is 0 Å². The number of fused-ring (bicyclic) bond motifs is 2. The summed E-state index contributed by atoms with van der Waals surface area (Å²) in [5, 5.41) is 6.49. The molecule has 0 saturated carbocycles. The Hall–Kier alpha value is -3.68. The summed E-state index contributed by atoms with van der Waals surface area (Å²) in [5.74, 6) is 0. The van der Waals surface area contributed by atoms with Crippen molar-refractivity contribution in [2.75, 3.05) is 0 Å². The molecular formula is C46H30Cl2I2. The van der Waals surface area contributed by atoms with E-state index < -0.39 is 0 Å². The topological polar surface area (TPSA) is 0 Å². The van der Waals surface area contributed by atoms with Crippen molar-refractivity contribution in [1.29, 1.82) is 0 Å². The van der Waals surface area contributed by atoms with Gasteiger partial charge in [0.2, 0.25) is 0 Å². The van der Waals surface area contributed by atoms with Crippen LogP contribution in [0.15, 0.2) is 158 Å². The predicted molar refractivity (Wildman–Crippen MR) is 233 cm³/mol. The van der Waals surface area contributed by atoms with Crippen molar-refractivity contribution >= 4 is 89.9 Å². The Balaban J connectivity index is 1.40. The number of hydrogen-bond donors (Lipinski definition) is 0. The highest BCUT2D eigenvalue weighted by Crippen LogP contribution is 2.46. The quantitative estimate of drug-likeness (QED) is 0.140. The minimum Gasteiger partial charge on any atom is -0.0843 e. The van der Waals surface area contributed by atoms with Crippen molar-refractivity contribution in [3.63, 3.8) is 0 Å². The second-order valence-corrected chi connectivity index (χ2v) is 15.5. The van der Waals surface area contributed by atoms with Gasteiger partial charge in [-0.1, -0.05) is 157 Å². The maximum absolute atomic E-state index is 6.44. The molecule has 0 unspecified atom stereocenters. The third-order valence-electron chi connectivity index (χ3n) is 9.52. The van der Waals surface area contributed by atoms with Crippen LogP contribution in [-0.4, -0.2) is 0 Å². The van der Waals surface area contributed by atoms with Crippen molar-refractivity contribution in [2.24, 2.45) is 0 Å². The zero-order valence-corrected chi connectivity index (χ0v) is 32.8. The highest BCUT2D eigenvalue weighted by atomic mass is 127. The van der Waals surface area contributed by atoms with Crippen molar-refractivity contribution in [1.82, 2.24) is 0 Å². The first-order chi connectivity index (χ1) is 24.5. The summed E-state index contributed by atoms with van der Waals surface area (Å²) in [6.45, 7) is 0. The Morgan fingerprint density at radius 3 is 0.940 bits per heavy atom. The molecule has 0 fully saturated rings. The molecule has 0 amide bonds. The van der Waals surface area contributed by atoms with E-state index in [1.807, 2.05) is 24.3 Å². The van der Waals surface area contributed by atoms with Crippen LogP contribution in [0.5, 0.6) is 0 Å². The van der Waals surface area contributed by atoms with Crippen LogP contribution >= 0.6 is 68.4 Å². The minimum atomic E-state index is 0.738. The summed E-state index contributed by atoms with van der Waals surface area (Å²) in [6, 6.07) is 56.0. The lowest BCUT2D eigenvalue weighted by Crippen LogP contribution is -2.05. The van der Waals surface area contributed by atoms with Gasteiger partial charge in [-0.2, -0.15) is 0 Å². The Morgan fingerprint density at radius 1 is 0.320 bits per heavy atom. The molecule has 0 spiro atoms. The first kappa shape index (κ1) is 33.5. The van der Waals surface area contributed by atoms with E-state index in [0.29, 0.717) is 0 Å². The van der Waals surface area contributed by atoms with Gasteiger partial charge in [-0.25, -0.2) is 0 Å². The second-order valence-electron chi connectivity index (χ2n) is 12.4. The van der Waals surface area contributed by atoms with E-state index in [9.17, 15) is 0 Å². The van der Waals surface area contributed by atoms with Gasteiger partial charge < -0.3 is 0 Å². The maximum atomic E-state index is 6.44. The lowest BCUT2D eigenvalue weighted by atomic mass is 9.83. The van der Waals surface area contributed by atoms with Crippen LogP contribution in [0.3, 0.4) is 0 Å². The van der Waals surface area contributed by atoms with Gasteiger partial charge in [0.05, 0.1) is 0 Å². The molecule has 8 aromatic rings. The van der Waals surface area contributed by atoms with Crippen LogP contribution in [0.4, 0.5) is 0 Å². The van der Waals surface area contributed by atoms with Gasteiger partial charge in [-0.3, -0.25) is 0 Å². The van der Waals surface area contributed by atoms with Gasteiger partial charge in [0.25, 0.3) is 0 Å². The molecular weight excluding hydrogens is 877 g/mol. The molecule has 0 aliphatic rings. The standard InChI is InChI=1S/C46H30Cl2I2/c47-33-23-19-31(20-24-33)41-35-15-7-9-17-37(35)43(29-11-3-1-4-12-29)45(49)39(41)27-28-40-42(32-21-25-34(48)26-22-32)36-16-8-10-18-38(36)44(46(40)50)30-13-5-2-6-14-30/h1-26H,27-28H2. The molecule has 0 nitrogen and oxygen atoms in total. The monoisotopic (exact) mass is 906 g/mol. The van der Waals surface area contributed by atoms with Crippen LogP contribution in [-0.2, 0) is 12.8 Å². The average Bonchev–Trinajstić information content (AvgIpc) is 3.15. The predicted octanol–water partition coefficient (Wildman–Crippen LogP) is 15.0. The van der Waals surface area contributed by atoms with Crippen molar-refractivity contribution in [3.05, 3.63) is 186 Å².